The van der Waals surface area contributed by atoms with Gasteiger partial charge in [-0.2, -0.15) is 20.0 Å². The number of rotatable bonds is 4. The van der Waals surface area contributed by atoms with E-state index in [4.69, 9.17) is 35.4 Å². The first-order valence-electron chi connectivity index (χ1n) is 8.74. The van der Waals surface area contributed by atoms with E-state index in [2.05, 4.69) is 20.4 Å². The van der Waals surface area contributed by atoms with E-state index < -0.39 is 0 Å². The first-order valence-corrected chi connectivity index (χ1v) is 9.91. The number of nitrogens with zero attached hydrogens (tertiary/aromatic N) is 5. The molecular weight excluding hydrogens is 427 g/mol. The van der Waals surface area contributed by atoms with Crippen LogP contribution < -0.4 is 0 Å². The monoisotopic (exact) mass is 442 g/mol. The lowest BCUT2D eigenvalue weighted by molar-refractivity contribution is 0.833. The number of aromatic nitrogens is 5. The van der Waals surface area contributed by atoms with Gasteiger partial charge < -0.3 is 0 Å². The summed E-state index contributed by atoms with van der Waals surface area (Å²) in [7, 11) is 0. The molecule has 0 aliphatic rings. The van der Waals surface area contributed by atoms with Crippen molar-refractivity contribution < 1.29 is 0 Å². The summed E-state index contributed by atoms with van der Waals surface area (Å²) >= 11 is 17.7. The van der Waals surface area contributed by atoms with Gasteiger partial charge in [-0.25, -0.2) is 9.78 Å². The normalized spacial score (nSPS) is 11.4. The van der Waals surface area contributed by atoms with Gasteiger partial charge in [0.25, 0.3) is 0 Å². The first-order chi connectivity index (χ1) is 14.0. The van der Waals surface area contributed by atoms with Crippen LogP contribution in [-0.2, 0) is 0 Å². The molecule has 0 amide bonds. The van der Waals surface area contributed by atoms with Crippen LogP contribution in [0.2, 0.25) is 10.0 Å². The second-order valence-corrected chi connectivity index (χ2v) is 7.60. The van der Waals surface area contributed by atoms with Crippen molar-refractivity contribution in [1.29, 1.82) is 0 Å². The fraction of sp³-hybridized carbons (Fsp3) is 0.100. The maximum Gasteiger partial charge on any atom is 0.216 e. The molecule has 2 aromatic carbocycles. The summed E-state index contributed by atoms with van der Waals surface area (Å²) in [5.74, 6) is 0.499. The van der Waals surface area contributed by atoms with Crippen LogP contribution in [0.4, 0.5) is 0 Å². The minimum Gasteiger partial charge on any atom is -0.250 e. The van der Waals surface area contributed by atoms with Crippen LogP contribution in [0.3, 0.4) is 0 Å². The molecule has 29 heavy (non-hydrogen) atoms. The molecule has 2 aromatic heterocycles. The molecule has 6 nitrogen and oxygen atoms in total. The van der Waals surface area contributed by atoms with Gasteiger partial charge in [-0.3, -0.25) is 0 Å². The van der Waals surface area contributed by atoms with Gasteiger partial charge in [-0.05, 0) is 56.4 Å². The highest BCUT2D eigenvalue weighted by molar-refractivity contribution is 7.71. The van der Waals surface area contributed by atoms with Crippen molar-refractivity contribution in [1.82, 2.24) is 24.7 Å². The van der Waals surface area contributed by atoms with E-state index in [0.717, 1.165) is 22.6 Å². The molecule has 0 spiro atoms. The Morgan fingerprint density at radius 2 is 1.86 bits per heavy atom. The van der Waals surface area contributed by atoms with Gasteiger partial charge in [0.1, 0.15) is 0 Å². The van der Waals surface area contributed by atoms with Crippen molar-refractivity contribution in [3.8, 4) is 17.1 Å². The number of aryl methyl sites for hydroxylation is 1. The topological polar surface area (TPSA) is 63.8 Å². The van der Waals surface area contributed by atoms with Crippen molar-refractivity contribution in [3.05, 3.63) is 80.3 Å². The maximum absolute atomic E-state index is 6.33. The number of nitrogens with one attached hydrogen (secondary N) is 1. The Kier molecular flexibility index (Phi) is 5.36. The van der Waals surface area contributed by atoms with Crippen LogP contribution in [-0.4, -0.2) is 30.9 Å². The molecular formula is C20H16Cl2N6S. The number of hydrogen-bond acceptors (Lipinski definition) is 4. The van der Waals surface area contributed by atoms with Gasteiger partial charge in [0, 0.05) is 16.1 Å². The largest absolute Gasteiger partial charge is 0.250 e. The Balaban J connectivity index is 1.76. The van der Waals surface area contributed by atoms with Crippen molar-refractivity contribution in [2.45, 2.75) is 13.8 Å². The molecule has 0 bridgehead atoms. The molecule has 0 fully saturated rings. The average Bonchev–Trinajstić information content (AvgIpc) is 3.20. The zero-order valence-corrected chi connectivity index (χ0v) is 17.9. The Labute approximate surface area is 182 Å². The fourth-order valence-corrected chi connectivity index (χ4v) is 3.69. The number of aromatic amines is 1. The van der Waals surface area contributed by atoms with Crippen LogP contribution >= 0.6 is 35.4 Å². The third kappa shape index (κ3) is 3.76. The molecule has 0 unspecified atom stereocenters. The van der Waals surface area contributed by atoms with Crippen molar-refractivity contribution in [2.24, 2.45) is 5.10 Å². The molecule has 4 aromatic rings. The summed E-state index contributed by atoms with van der Waals surface area (Å²) in [6.45, 7) is 3.94. The Bertz CT molecular complexity index is 1270. The summed E-state index contributed by atoms with van der Waals surface area (Å²) in [6, 6.07) is 15.1. The van der Waals surface area contributed by atoms with Crippen LogP contribution in [0.5, 0.6) is 0 Å². The molecule has 0 radical (unpaired) electrons. The standard InChI is InChI=1S/C20H16Cl2N6S/c1-12-17(13(2)27(26-12)15-6-4-3-5-7-15)11-23-28-19(24-25-20(28)29)16-9-8-14(21)10-18(16)22/h3-11H,1-2H3,(H,25,29). The van der Waals surface area contributed by atoms with Crippen LogP contribution in [0.1, 0.15) is 17.0 Å². The van der Waals surface area contributed by atoms with Crippen molar-refractivity contribution >= 4 is 41.6 Å². The van der Waals surface area contributed by atoms with E-state index >= 15 is 0 Å². The molecule has 2 heterocycles. The zero-order chi connectivity index (χ0) is 20.5. The quantitative estimate of drug-likeness (QED) is 0.330. The lowest BCUT2D eigenvalue weighted by atomic mass is 10.2. The second-order valence-electron chi connectivity index (χ2n) is 6.36. The van der Waals surface area contributed by atoms with Crippen LogP contribution in [0.15, 0.2) is 53.6 Å². The lowest BCUT2D eigenvalue weighted by Crippen LogP contribution is -1.99. The average molecular weight is 443 g/mol. The highest BCUT2D eigenvalue weighted by atomic mass is 35.5. The fourth-order valence-electron chi connectivity index (χ4n) is 3.02. The van der Waals surface area contributed by atoms with Gasteiger partial charge in [0.15, 0.2) is 5.82 Å². The van der Waals surface area contributed by atoms with Gasteiger partial charge in [-0.1, -0.05) is 41.4 Å². The van der Waals surface area contributed by atoms with E-state index in [1.165, 1.54) is 4.68 Å². The van der Waals surface area contributed by atoms with Crippen LogP contribution in [0, 0.1) is 18.6 Å². The maximum atomic E-state index is 6.33. The third-order valence-electron chi connectivity index (χ3n) is 4.47. The second kappa shape index (κ2) is 7.94. The molecule has 1 N–H and O–H groups in total. The Hall–Kier alpha value is -2.74. The summed E-state index contributed by atoms with van der Waals surface area (Å²) in [4.78, 5) is 0. The number of para-hydroxylation sites is 1. The van der Waals surface area contributed by atoms with E-state index in [0.29, 0.717) is 26.2 Å². The summed E-state index contributed by atoms with van der Waals surface area (Å²) in [5.41, 5.74) is 4.40. The molecule has 0 atom stereocenters. The SMILES string of the molecule is Cc1nn(-c2ccccc2)c(C)c1C=Nn1c(-c2ccc(Cl)cc2Cl)n[nH]c1=S. The van der Waals surface area contributed by atoms with E-state index in [1.807, 2.05) is 48.9 Å². The predicted molar refractivity (Wildman–Crippen MR) is 119 cm³/mol. The van der Waals surface area contributed by atoms with Crippen molar-refractivity contribution in [2.75, 3.05) is 0 Å². The molecule has 0 saturated carbocycles. The first kappa shape index (κ1) is 19.6. The molecule has 146 valence electrons. The van der Waals surface area contributed by atoms with E-state index in [1.54, 1.807) is 24.4 Å². The molecule has 9 heteroatoms. The minimum atomic E-state index is 0.355. The number of halogens is 2. The molecule has 4 rings (SSSR count). The van der Waals surface area contributed by atoms with Crippen LogP contribution in [0.25, 0.3) is 17.1 Å². The number of H-pyrrole nitrogens is 1. The van der Waals surface area contributed by atoms with E-state index in [-0.39, 0.29) is 0 Å². The molecule has 0 aliphatic heterocycles. The van der Waals surface area contributed by atoms with E-state index in [9.17, 15) is 0 Å². The van der Waals surface area contributed by atoms with Gasteiger partial charge in [0.05, 0.1) is 28.3 Å². The summed E-state index contributed by atoms with van der Waals surface area (Å²) in [5, 5.41) is 17.2. The smallest absolute Gasteiger partial charge is 0.216 e. The summed E-state index contributed by atoms with van der Waals surface area (Å²) in [6.07, 6.45) is 1.73. The van der Waals surface area contributed by atoms with Gasteiger partial charge in [0.2, 0.25) is 4.77 Å². The number of benzene rings is 2. The highest BCUT2D eigenvalue weighted by Gasteiger charge is 2.14. The Morgan fingerprint density at radius 1 is 1.10 bits per heavy atom. The third-order valence-corrected chi connectivity index (χ3v) is 5.28. The number of hydrogen-bond donors (Lipinski definition) is 1. The van der Waals surface area contributed by atoms with Gasteiger partial charge >= 0.3 is 0 Å². The Morgan fingerprint density at radius 3 is 2.59 bits per heavy atom. The summed E-state index contributed by atoms with van der Waals surface area (Å²) < 4.78 is 3.78. The minimum absolute atomic E-state index is 0.355. The predicted octanol–water partition coefficient (Wildman–Crippen LogP) is 5.60. The van der Waals surface area contributed by atoms with Crippen molar-refractivity contribution in [3.63, 3.8) is 0 Å². The zero-order valence-electron chi connectivity index (χ0n) is 15.6. The molecule has 0 aliphatic carbocycles. The highest BCUT2D eigenvalue weighted by Crippen LogP contribution is 2.29. The molecule has 0 saturated heterocycles. The van der Waals surface area contributed by atoms with Gasteiger partial charge in [-0.15, -0.1) is 0 Å². The lowest BCUT2D eigenvalue weighted by Gasteiger charge is -2.05.